The zero-order valence-corrected chi connectivity index (χ0v) is 15.4. The summed E-state index contributed by atoms with van der Waals surface area (Å²) in [7, 11) is -3.79. The van der Waals surface area contributed by atoms with E-state index in [4.69, 9.17) is 4.42 Å². The molecule has 3 aromatic rings. The van der Waals surface area contributed by atoms with Crippen molar-refractivity contribution in [2.24, 2.45) is 0 Å². The number of aromatic nitrogens is 1. The van der Waals surface area contributed by atoms with Crippen LogP contribution in [0.15, 0.2) is 65.3 Å². The molecule has 0 aliphatic heterocycles. The highest BCUT2D eigenvalue weighted by Crippen LogP contribution is 2.29. The molecule has 28 heavy (non-hydrogen) atoms. The molecule has 5 nitrogen and oxygen atoms in total. The van der Waals surface area contributed by atoms with Crippen molar-refractivity contribution in [3.63, 3.8) is 0 Å². The van der Waals surface area contributed by atoms with Gasteiger partial charge < -0.3 is 4.42 Å². The number of halogens is 3. The maximum Gasteiger partial charge on any atom is 0.416 e. The highest BCUT2D eigenvalue weighted by Gasteiger charge is 2.30. The molecular formula is C19H17F3N2O3S. The number of nitrogens with zero attached hydrogens (tertiary/aromatic N) is 1. The quantitative estimate of drug-likeness (QED) is 0.639. The first-order valence-corrected chi connectivity index (χ1v) is 10.0. The molecule has 1 N–H and O–H groups in total. The van der Waals surface area contributed by atoms with Crippen LogP contribution in [0.1, 0.15) is 16.8 Å². The van der Waals surface area contributed by atoms with E-state index in [1.165, 1.54) is 18.4 Å². The van der Waals surface area contributed by atoms with Gasteiger partial charge in [-0.3, -0.25) is 0 Å². The summed E-state index contributed by atoms with van der Waals surface area (Å²) >= 11 is 0. The molecule has 0 atom stereocenters. The minimum absolute atomic E-state index is 0.0576. The fourth-order valence-electron chi connectivity index (χ4n) is 2.58. The van der Waals surface area contributed by atoms with E-state index in [1.807, 2.05) is 30.3 Å². The highest BCUT2D eigenvalue weighted by molar-refractivity contribution is 7.88. The lowest BCUT2D eigenvalue weighted by Crippen LogP contribution is -2.27. The Bertz CT molecular complexity index is 1030. The van der Waals surface area contributed by atoms with E-state index >= 15 is 0 Å². The molecular weight excluding hydrogens is 393 g/mol. The van der Waals surface area contributed by atoms with E-state index < -0.39 is 27.5 Å². The topological polar surface area (TPSA) is 72.2 Å². The largest absolute Gasteiger partial charge is 0.444 e. The fraction of sp³-hybridized carbons (Fsp3) is 0.211. The van der Waals surface area contributed by atoms with Crippen molar-refractivity contribution >= 4 is 10.0 Å². The van der Waals surface area contributed by atoms with Crippen LogP contribution in [0, 0.1) is 0 Å². The summed E-state index contributed by atoms with van der Waals surface area (Å²) < 4.78 is 70.2. The molecule has 0 saturated heterocycles. The summed E-state index contributed by atoms with van der Waals surface area (Å²) in [6, 6.07) is 13.5. The minimum Gasteiger partial charge on any atom is -0.444 e. The second-order valence-electron chi connectivity index (χ2n) is 6.11. The first kappa shape index (κ1) is 20.1. The number of nitrogens with one attached hydrogen (secondary N) is 1. The Morgan fingerprint density at radius 2 is 1.79 bits per heavy atom. The fourth-order valence-corrected chi connectivity index (χ4v) is 3.71. The predicted octanol–water partition coefficient (Wildman–Crippen LogP) is 4.02. The maximum atomic E-state index is 12.7. The third-order valence-corrected chi connectivity index (χ3v) is 5.24. The van der Waals surface area contributed by atoms with Crippen molar-refractivity contribution in [1.82, 2.24) is 9.71 Å². The van der Waals surface area contributed by atoms with Gasteiger partial charge in [-0.15, -0.1) is 0 Å². The van der Waals surface area contributed by atoms with Gasteiger partial charge in [-0.05, 0) is 23.8 Å². The van der Waals surface area contributed by atoms with Crippen LogP contribution >= 0.6 is 0 Å². The second kappa shape index (κ2) is 8.15. The van der Waals surface area contributed by atoms with Gasteiger partial charge in [0.2, 0.25) is 15.9 Å². The van der Waals surface area contributed by atoms with Crippen LogP contribution in [-0.4, -0.2) is 19.9 Å². The minimum atomic E-state index is -4.52. The van der Waals surface area contributed by atoms with Crippen molar-refractivity contribution in [1.29, 1.82) is 0 Å². The van der Waals surface area contributed by atoms with Gasteiger partial charge in [0.1, 0.15) is 6.26 Å². The predicted molar refractivity (Wildman–Crippen MR) is 97.7 cm³/mol. The molecule has 0 fully saturated rings. The Kier molecular flexibility index (Phi) is 5.85. The summed E-state index contributed by atoms with van der Waals surface area (Å²) in [4.78, 5) is 4.30. The number of benzene rings is 2. The number of hydrogen-bond acceptors (Lipinski definition) is 4. The molecule has 3 rings (SSSR count). The van der Waals surface area contributed by atoms with Crippen LogP contribution < -0.4 is 4.72 Å². The van der Waals surface area contributed by atoms with Crippen molar-refractivity contribution < 1.29 is 26.0 Å². The molecule has 0 aliphatic carbocycles. The normalized spacial score (nSPS) is 12.2. The van der Waals surface area contributed by atoms with Crippen LogP contribution in [0.25, 0.3) is 11.5 Å². The lowest BCUT2D eigenvalue weighted by molar-refractivity contribution is -0.137. The first-order chi connectivity index (χ1) is 13.2. The molecule has 0 unspecified atom stereocenters. The molecule has 2 aromatic carbocycles. The van der Waals surface area contributed by atoms with Crippen LogP contribution in [0.4, 0.5) is 13.2 Å². The van der Waals surface area contributed by atoms with Gasteiger partial charge in [-0.1, -0.05) is 36.4 Å². The number of oxazole rings is 1. The molecule has 0 aliphatic rings. The molecule has 1 aromatic heterocycles. The zero-order valence-electron chi connectivity index (χ0n) is 14.6. The SMILES string of the molecule is O=S(=O)(Cc1cccc(C(F)(F)F)c1)NCCc1coc(-c2ccccc2)n1. The van der Waals surface area contributed by atoms with Gasteiger partial charge in [-0.2, -0.15) is 13.2 Å². The average Bonchev–Trinajstić information content (AvgIpc) is 3.10. The highest BCUT2D eigenvalue weighted by atomic mass is 32.2. The number of sulfonamides is 1. The Morgan fingerprint density at radius 3 is 2.50 bits per heavy atom. The van der Waals surface area contributed by atoms with Crippen LogP contribution in [-0.2, 0) is 28.4 Å². The van der Waals surface area contributed by atoms with Gasteiger partial charge in [-0.25, -0.2) is 18.1 Å². The van der Waals surface area contributed by atoms with E-state index in [2.05, 4.69) is 9.71 Å². The van der Waals surface area contributed by atoms with Gasteiger partial charge in [0.05, 0.1) is 17.0 Å². The number of hydrogen-bond donors (Lipinski definition) is 1. The zero-order chi connectivity index (χ0) is 20.2. The van der Waals surface area contributed by atoms with E-state index in [9.17, 15) is 21.6 Å². The van der Waals surface area contributed by atoms with E-state index in [0.29, 0.717) is 11.6 Å². The monoisotopic (exact) mass is 410 g/mol. The van der Waals surface area contributed by atoms with Crippen molar-refractivity contribution in [2.75, 3.05) is 6.54 Å². The van der Waals surface area contributed by atoms with Crippen LogP contribution in [0.3, 0.4) is 0 Å². The molecule has 0 radical (unpaired) electrons. The van der Waals surface area contributed by atoms with E-state index in [-0.39, 0.29) is 18.5 Å². The number of alkyl halides is 3. The molecule has 0 saturated carbocycles. The molecule has 1 heterocycles. The van der Waals surface area contributed by atoms with E-state index in [0.717, 1.165) is 17.7 Å². The summed E-state index contributed by atoms with van der Waals surface area (Å²) in [6.45, 7) is 0.0576. The first-order valence-electron chi connectivity index (χ1n) is 8.36. The number of rotatable bonds is 7. The Morgan fingerprint density at radius 1 is 1.04 bits per heavy atom. The van der Waals surface area contributed by atoms with Crippen LogP contribution in [0.2, 0.25) is 0 Å². The van der Waals surface area contributed by atoms with Gasteiger partial charge in [0, 0.05) is 18.5 Å². The summed E-state index contributed by atoms with van der Waals surface area (Å²) in [5.74, 6) is -0.104. The lowest BCUT2D eigenvalue weighted by Gasteiger charge is -2.09. The average molecular weight is 410 g/mol. The standard InChI is InChI=1S/C19H17F3N2O3S/c20-19(21,22)16-8-4-5-14(11-16)13-28(25,26)23-10-9-17-12-27-18(24-17)15-6-2-1-3-7-15/h1-8,11-12,23H,9-10,13H2. The second-order valence-corrected chi connectivity index (χ2v) is 7.92. The molecule has 148 valence electrons. The third kappa shape index (κ3) is 5.43. The molecule has 0 bridgehead atoms. The Labute approximate surface area is 160 Å². The van der Waals surface area contributed by atoms with Crippen LogP contribution in [0.5, 0.6) is 0 Å². The Hall–Kier alpha value is -2.65. The van der Waals surface area contributed by atoms with Gasteiger partial charge in [0.15, 0.2) is 0 Å². The van der Waals surface area contributed by atoms with Gasteiger partial charge >= 0.3 is 6.18 Å². The summed E-state index contributed by atoms with van der Waals surface area (Å²) in [6.07, 6.45) is -2.78. The summed E-state index contributed by atoms with van der Waals surface area (Å²) in [5, 5.41) is 0. The van der Waals surface area contributed by atoms with Crippen molar-refractivity contribution in [3.05, 3.63) is 77.7 Å². The maximum absolute atomic E-state index is 12.7. The summed E-state index contributed by atoms with van der Waals surface area (Å²) in [5.41, 5.74) is 0.561. The molecule has 0 spiro atoms. The van der Waals surface area contributed by atoms with Gasteiger partial charge in [0.25, 0.3) is 0 Å². The molecule has 9 heteroatoms. The smallest absolute Gasteiger partial charge is 0.416 e. The van der Waals surface area contributed by atoms with Crippen molar-refractivity contribution in [2.45, 2.75) is 18.3 Å². The lowest BCUT2D eigenvalue weighted by atomic mass is 10.1. The Balaban J connectivity index is 1.57. The van der Waals surface area contributed by atoms with Crippen molar-refractivity contribution in [3.8, 4) is 11.5 Å². The third-order valence-electron chi connectivity index (χ3n) is 3.89. The molecule has 0 amide bonds. The van der Waals surface area contributed by atoms with E-state index in [1.54, 1.807) is 0 Å².